The van der Waals surface area contributed by atoms with Crippen LogP contribution < -0.4 is 0 Å². The van der Waals surface area contributed by atoms with E-state index in [-0.39, 0.29) is 12.4 Å². The third-order valence-corrected chi connectivity index (χ3v) is 5.77. The predicted octanol–water partition coefficient (Wildman–Crippen LogP) is 1.55. The van der Waals surface area contributed by atoms with Crippen LogP contribution >= 0.6 is 15.9 Å². The highest BCUT2D eigenvalue weighted by Crippen LogP contribution is 1.90. The first-order chi connectivity index (χ1) is 23.3. The Morgan fingerprint density at radius 1 is 0.340 bits per heavy atom. The molecule has 0 aromatic carbocycles. The molecular formula is C31H61BrO15. The summed E-state index contributed by atoms with van der Waals surface area (Å²) in [5.41, 5.74) is 0. The number of alkyl halides is 1. The number of hydrogen-bond acceptors (Lipinski definition) is 15. The largest absolute Gasteiger partial charge is 0.466 e. The van der Waals surface area contributed by atoms with E-state index < -0.39 is 0 Å². The molecule has 15 nitrogen and oxygen atoms in total. The molecule has 0 rings (SSSR count). The van der Waals surface area contributed by atoms with Gasteiger partial charge in [0.2, 0.25) is 0 Å². The first-order valence-electron chi connectivity index (χ1n) is 16.5. The van der Waals surface area contributed by atoms with Crippen molar-refractivity contribution in [3.05, 3.63) is 0 Å². The van der Waals surface area contributed by atoms with Gasteiger partial charge in [-0.3, -0.25) is 4.79 Å². The maximum atomic E-state index is 11.1. The number of esters is 1. The molecular weight excluding hydrogens is 692 g/mol. The molecule has 0 saturated carbocycles. The molecule has 0 atom stereocenters. The number of carbonyl (C=O) groups excluding carboxylic acids is 1. The molecule has 0 spiro atoms. The Hall–Kier alpha value is -0.570. The smallest absolute Gasteiger partial charge is 0.308 e. The van der Waals surface area contributed by atoms with Crippen molar-refractivity contribution in [1.82, 2.24) is 0 Å². The van der Waals surface area contributed by atoms with E-state index in [0.29, 0.717) is 178 Å². The van der Waals surface area contributed by atoms with Crippen molar-refractivity contribution in [2.45, 2.75) is 13.3 Å². The highest BCUT2D eigenvalue weighted by Gasteiger charge is 2.01. The summed E-state index contributed by atoms with van der Waals surface area (Å²) < 4.78 is 75.3. The number of ether oxygens (including phenoxy) is 14. The van der Waals surface area contributed by atoms with Crippen LogP contribution in [0.25, 0.3) is 0 Å². The minimum atomic E-state index is -0.252. The van der Waals surface area contributed by atoms with Gasteiger partial charge in [0.15, 0.2) is 0 Å². The molecule has 47 heavy (non-hydrogen) atoms. The van der Waals surface area contributed by atoms with Crippen LogP contribution in [0.3, 0.4) is 0 Å². The van der Waals surface area contributed by atoms with Gasteiger partial charge in [0.1, 0.15) is 0 Å². The Kier molecular flexibility index (Phi) is 42.9. The fourth-order valence-electron chi connectivity index (χ4n) is 3.18. The van der Waals surface area contributed by atoms with Gasteiger partial charge in [-0.05, 0) is 6.92 Å². The molecule has 0 aliphatic carbocycles. The monoisotopic (exact) mass is 752 g/mol. The summed E-state index contributed by atoms with van der Waals surface area (Å²) >= 11 is 3.30. The average molecular weight is 754 g/mol. The third kappa shape index (κ3) is 43.4. The van der Waals surface area contributed by atoms with E-state index in [1.807, 2.05) is 0 Å². The molecule has 0 amide bonds. The SMILES string of the molecule is CCOC(=O)CCOCCOCCOCCOCCOCCOCCOCCOCCOCCOCCOCCOCCOCCBr. The lowest BCUT2D eigenvalue weighted by atomic mass is 10.5. The topological polar surface area (TPSA) is 146 Å². The molecule has 0 aromatic heterocycles. The molecule has 0 aromatic rings. The second-order valence-corrected chi connectivity index (χ2v) is 10.00. The van der Waals surface area contributed by atoms with E-state index in [9.17, 15) is 4.79 Å². The lowest BCUT2D eigenvalue weighted by molar-refractivity contribution is -0.144. The zero-order valence-electron chi connectivity index (χ0n) is 28.5. The number of rotatable bonds is 42. The summed E-state index contributed by atoms with van der Waals surface area (Å²) in [6.07, 6.45) is 0.255. The Bertz CT molecular complexity index is 595. The van der Waals surface area contributed by atoms with Gasteiger partial charge in [-0.2, -0.15) is 0 Å². The summed E-state index contributed by atoms with van der Waals surface area (Å²) in [6, 6.07) is 0. The van der Waals surface area contributed by atoms with Gasteiger partial charge in [-0.1, -0.05) is 15.9 Å². The van der Waals surface area contributed by atoms with Gasteiger partial charge < -0.3 is 66.3 Å². The van der Waals surface area contributed by atoms with Crippen molar-refractivity contribution in [2.75, 3.05) is 184 Å². The van der Waals surface area contributed by atoms with E-state index in [2.05, 4.69) is 15.9 Å². The molecule has 0 radical (unpaired) electrons. The average Bonchev–Trinajstić information content (AvgIpc) is 3.07. The summed E-state index contributed by atoms with van der Waals surface area (Å²) in [5.74, 6) is -0.252. The van der Waals surface area contributed by atoms with Crippen LogP contribution in [0.1, 0.15) is 13.3 Å². The maximum absolute atomic E-state index is 11.1. The summed E-state index contributed by atoms with van der Waals surface area (Å²) in [5, 5.41) is 0.834. The molecule has 16 heteroatoms. The van der Waals surface area contributed by atoms with Crippen LogP contribution in [0.4, 0.5) is 0 Å². The van der Waals surface area contributed by atoms with Crippen LogP contribution in [0.5, 0.6) is 0 Å². The van der Waals surface area contributed by atoms with Gasteiger partial charge in [-0.25, -0.2) is 0 Å². The highest BCUT2D eigenvalue weighted by atomic mass is 79.9. The summed E-state index contributed by atoms with van der Waals surface area (Å²) in [4.78, 5) is 11.1. The second kappa shape index (κ2) is 43.5. The number of hydrogen-bond donors (Lipinski definition) is 0. The minimum Gasteiger partial charge on any atom is -0.466 e. The standard InChI is InChI=1S/C31H61BrO15/c1-2-47-31(33)3-5-34-7-9-36-11-13-38-15-17-40-19-21-42-23-25-44-27-29-46-30-28-45-26-24-43-22-20-41-18-16-39-14-12-37-10-8-35-6-4-32/h2-30H2,1H3. The molecule has 0 bridgehead atoms. The molecule has 0 unspecified atom stereocenters. The van der Waals surface area contributed by atoms with Crippen molar-refractivity contribution < 1.29 is 71.1 Å². The molecule has 0 aliphatic heterocycles. The third-order valence-electron chi connectivity index (χ3n) is 5.44. The lowest BCUT2D eigenvalue weighted by Gasteiger charge is -2.09. The second-order valence-electron chi connectivity index (χ2n) is 9.20. The Morgan fingerprint density at radius 2 is 0.532 bits per heavy atom. The Labute approximate surface area is 289 Å². The first kappa shape index (κ1) is 46.4. The maximum Gasteiger partial charge on any atom is 0.308 e. The van der Waals surface area contributed by atoms with E-state index in [0.717, 1.165) is 5.33 Å². The van der Waals surface area contributed by atoms with E-state index in [4.69, 9.17) is 66.3 Å². The van der Waals surface area contributed by atoms with Gasteiger partial charge in [-0.15, -0.1) is 0 Å². The molecule has 0 fully saturated rings. The summed E-state index contributed by atoms with van der Waals surface area (Å²) in [6.45, 7) is 15.3. The van der Waals surface area contributed by atoms with Gasteiger partial charge >= 0.3 is 5.97 Å². The quantitative estimate of drug-likeness (QED) is 0.0505. The molecule has 0 saturated heterocycles. The predicted molar refractivity (Wildman–Crippen MR) is 176 cm³/mol. The number of halogens is 1. The van der Waals surface area contributed by atoms with E-state index in [1.54, 1.807) is 6.92 Å². The molecule has 282 valence electrons. The zero-order valence-corrected chi connectivity index (χ0v) is 30.1. The molecule has 0 aliphatic rings. The minimum absolute atomic E-state index is 0.252. The number of carbonyl (C=O) groups is 1. The summed E-state index contributed by atoms with van der Waals surface area (Å²) in [7, 11) is 0. The van der Waals surface area contributed by atoms with Gasteiger partial charge in [0, 0.05) is 5.33 Å². The van der Waals surface area contributed by atoms with Crippen molar-refractivity contribution in [1.29, 1.82) is 0 Å². The normalized spacial score (nSPS) is 11.4. The fraction of sp³-hybridized carbons (Fsp3) is 0.968. The highest BCUT2D eigenvalue weighted by molar-refractivity contribution is 9.09. The van der Waals surface area contributed by atoms with E-state index >= 15 is 0 Å². The van der Waals surface area contributed by atoms with Crippen LogP contribution in [-0.2, 0) is 71.1 Å². The van der Waals surface area contributed by atoms with Crippen molar-refractivity contribution in [3.63, 3.8) is 0 Å². The van der Waals surface area contributed by atoms with E-state index in [1.165, 1.54) is 0 Å². The Balaban J connectivity index is 3.05. The fourth-order valence-corrected chi connectivity index (χ4v) is 3.41. The van der Waals surface area contributed by atoms with Crippen LogP contribution in [0, 0.1) is 0 Å². The van der Waals surface area contributed by atoms with Crippen LogP contribution in [0.15, 0.2) is 0 Å². The Morgan fingerprint density at radius 3 is 0.723 bits per heavy atom. The van der Waals surface area contributed by atoms with Crippen molar-refractivity contribution >= 4 is 21.9 Å². The zero-order chi connectivity index (χ0) is 34.0. The van der Waals surface area contributed by atoms with Crippen molar-refractivity contribution in [2.24, 2.45) is 0 Å². The molecule has 0 N–H and O–H groups in total. The van der Waals surface area contributed by atoms with Crippen LogP contribution in [-0.4, -0.2) is 190 Å². The first-order valence-corrected chi connectivity index (χ1v) is 17.7. The molecule has 0 heterocycles. The van der Waals surface area contributed by atoms with Gasteiger partial charge in [0.05, 0.1) is 185 Å². The lowest BCUT2D eigenvalue weighted by Crippen LogP contribution is -2.15. The van der Waals surface area contributed by atoms with Gasteiger partial charge in [0.25, 0.3) is 0 Å². The van der Waals surface area contributed by atoms with Crippen molar-refractivity contribution in [3.8, 4) is 0 Å². The van der Waals surface area contributed by atoms with Crippen LogP contribution in [0.2, 0.25) is 0 Å².